The van der Waals surface area contributed by atoms with Crippen LogP contribution < -0.4 is 11.1 Å². The highest BCUT2D eigenvalue weighted by Gasteiger charge is 2.17. The number of aliphatic hydroxyl groups is 1. The van der Waals surface area contributed by atoms with Gasteiger partial charge in [0.15, 0.2) is 0 Å². The average molecular weight is 197 g/mol. The zero-order valence-electron chi connectivity index (χ0n) is 8.57. The van der Waals surface area contributed by atoms with Crippen molar-refractivity contribution >= 4 is 11.9 Å². The molecule has 1 aromatic heterocycles. The molecule has 0 aliphatic heterocycles. The van der Waals surface area contributed by atoms with Gasteiger partial charge in [0.25, 0.3) is 0 Å². The van der Waals surface area contributed by atoms with E-state index < -0.39 is 5.54 Å². The van der Waals surface area contributed by atoms with Gasteiger partial charge in [0.1, 0.15) is 5.82 Å². The van der Waals surface area contributed by atoms with Crippen LogP contribution in [0.1, 0.15) is 19.7 Å². The predicted molar refractivity (Wildman–Crippen MR) is 53.8 cm³/mol. The summed E-state index contributed by atoms with van der Waals surface area (Å²) < 4.78 is 0. The molecule has 0 atom stereocenters. The van der Waals surface area contributed by atoms with Crippen LogP contribution in [-0.2, 0) is 0 Å². The molecule has 0 bridgehead atoms. The number of anilines is 2. The molecule has 0 fully saturated rings. The number of aliphatic hydroxyl groups excluding tert-OH is 1. The highest BCUT2D eigenvalue weighted by Crippen LogP contribution is 2.10. The second-order valence-corrected chi connectivity index (χ2v) is 3.73. The van der Waals surface area contributed by atoms with Gasteiger partial charge >= 0.3 is 0 Å². The lowest BCUT2D eigenvalue weighted by Gasteiger charge is -2.23. The molecule has 78 valence electrons. The van der Waals surface area contributed by atoms with Crippen LogP contribution >= 0.6 is 0 Å². The van der Waals surface area contributed by atoms with Gasteiger partial charge in [-0.25, -0.2) is 0 Å². The minimum atomic E-state index is -0.472. The molecule has 0 aliphatic rings. The summed E-state index contributed by atoms with van der Waals surface area (Å²) in [5.74, 6) is 1.11. The van der Waals surface area contributed by atoms with Crippen LogP contribution in [0.25, 0.3) is 0 Å². The van der Waals surface area contributed by atoms with Crippen LogP contribution in [0.5, 0.6) is 0 Å². The molecule has 6 heteroatoms. The molecule has 0 aromatic carbocycles. The maximum Gasteiger partial charge on any atom is 0.228 e. The monoisotopic (exact) mass is 197 g/mol. The third-order valence-electron chi connectivity index (χ3n) is 1.61. The molecule has 1 rings (SSSR count). The second kappa shape index (κ2) is 3.75. The molecule has 1 heterocycles. The summed E-state index contributed by atoms with van der Waals surface area (Å²) >= 11 is 0. The van der Waals surface area contributed by atoms with E-state index in [4.69, 9.17) is 10.8 Å². The van der Waals surface area contributed by atoms with Crippen LogP contribution in [0.3, 0.4) is 0 Å². The Bertz CT molecular complexity index is 305. The third-order valence-corrected chi connectivity index (χ3v) is 1.61. The van der Waals surface area contributed by atoms with E-state index in [1.165, 1.54) is 0 Å². The minimum Gasteiger partial charge on any atom is -0.394 e. The van der Waals surface area contributed by atoms with Gasteiger partial charge < -0.3 is 16.2 Å². The maximum atomic E-state index is 9.03. The van der Waals surface area contributed by atoms with E-state index in [1.807, 2.05) is 13.8 Å². The molecule has 0 amide bonds. The van der Waals surface area contributed by atoms with Gasteiger partial charge in [-0.15, -0.1) is 0 Å². The Hall–Kier alpha value is -1.43. The Kier molecular flexibility index (Phi) is 2.85. The van der Waals surface area contributed by atoms with Crippen molar-refractivity contribution < 1.29 is 5.11 Å². The van der Waals surface area contributed by atoms with E-state index in [1.54, 1.807) is 6.92 Å². The fraction of sp³-hybridized carbons (Fsp3) is 0.625. The lowest BCUT2D eigenvalue weighted by atomic mass is 10.1. The van der Waals surface area contributed by atoms with Gasteiger partial charge in [0.2, 0.25) is 11.9 Å². The normalized spacial score (nSPS) is 11.4. The quantitative estimate of drug-likeness (QED) is 0.628. The molecule has 0 spiro atoms. The van der Waals surface area contributed by atoms with Gasteiger partial charge in [-0.05, 0) is 20.8 Å². The number of rotatable bonds is 3. The van der Waals surface area contributed by atoms with Gasteiger partial charge in [-0.1, -0.05) is 0 Å². The van der Waals surface area contributed by atoms with Gasteiger partial charge in [-0.3, -0.25) is 0 Å². The highest BCUT2D eigenvalue weighted by molar-refractivity contribution is 5.33. The van der Waals surface area contributed by atoms with Gasteiger partial charge in [-0.2, -0.15) is 15.0 Å². The Labute approximate surface area is 82.6 Å². The number of nitrogens with two attached hydrogens (primary N) is 1. The first-order valence-corrected chi connectivity index (χ1v) is 4.30. The summed E-state index contributed by atoms with van der Waals surface area (Å²) in [6, 6.07) is 0. The number of aromatic nitrogens is 3. The number of hydrogen-bond acceptors (Lipinski definition) is 6. The first kappa shape index (κ1) is 10.6. The standard InChI is InChI=1S/C8H15N5O/c1-5-10-6(9)12-7(11-5)13-8(2,3)4-14/h14H,4H2,1-3H3,(H3,9,10,11,12,13). The summed E-state index contributed by atoms with van der Waals surface area (Å²) in [5, 5.41) is 12.0. The van der Waals surface area contributed by atoms with Crippen molar-refractivity contribution in [2.24, 2.45) is 0 Å². The van der Waals surface area contributed by atoms with Crippen LogP contribution in [0.4, 0.5) is 11.9 Å². The van der Waals surface area contributed by atoms with Crippen LogP contribution in [0.15, 0.2) is 0 Å². The largest absolute Gasteiger partial charge is 0.394 e. The van der Waals surface area contributed by atoms with Gasteiger partial charge in [0, 0.05) is 0 Å². The summed E-state index contributed by atoms with van der Waals surface area (Å²) in [6.07, 6.45) is 0. The number of hydrogen-bond donors (Lipinski definition) is 3. The van der Waals surface area contributed by atoms with Crippen molar-refractivity contribution in [1.82, 2.24) is 15.0 Å². The lowest BCUT2D eigenvalue weighted by molar-refractivity contribution is 0.233. The Morgan fingerprint density at radius 1 is 1.36 bits per heavy atom. The molecule has 0 saturated carbocycles. The minimum absolute atomic E-state index is 0.0162. The molecule has 14 heavy (non-hydrogen) atoms. The van der Waals surface area contributed by atoms with E-state index >= 15 is 0 Å². The third kappa shape index (κ3) is 2.81. The lowest BCUT2D eigenvalue weighted by Crippen LogP contribution is -2.36. The molecule has 0 unspecified atom stereocenters. The molecule has 6 nitrogen and oxygen atoms in total. The molecule has 1 aromatic rings. The van der Waals surface area contributed by atoms with E-state index in [0.717, 1.165) is 0 Å². The van der Waals surface area contributed by atoms with Crippen LogP contribution in [0.2, 0.25) is 0 Å². The zero-order valence-corrected chi connectivity index (χ0v) is 8.57. The Balaban J connectivity index is 2.87. The van der Waals surface area contributed by atoms with Crippen molar-refractivity contribution in [3.8, 4) is 0 Å². The SMILES string of the molecule is Cc1nc(N)nc(NC(C)(C)CO)n1. The molecule has 0 radical (unpaired) electrons. The van der Waals surface area contributed by atoms with E-state index in [2.05, 4.69) is 20.3 Å². The van der Waals surface area contributed by atoms with Crippen molar-refractivity contribution in [3.63, 3.8) is 0 Å². The number of nitrogen functional groups attached to an aromatic ring is 1. The molecule has 0 aliphatic carbocycles. The highest BCUT2D eigenvalue weighted by atomic mass is 16.3. The average Bonchev–Trinajstić information content (AvgIpc) is 2.01. The van der Waals surface area contributed by atoms with E-state index in [0.29, 0.717) is 11.8 Å². The Morgan fingerprint density at radius 2 is 2.00 bits per heavy atom. The number of nitrogens with one attached hydrogen (secondary N) is 1. The summed E-state index contributed by atoms with van der Waals surface area (Å²) in [6.45, 7) is 5.39. The molecular formula is C8H15N5O. The first-order chi connectivity index (χ1) is 6.43. The second-order valence-electron chi connectivity index (χ2n) is 3.73. The molecule has 4 N–H and O–H groups in total. The van der Waals surface area contributed by atoms with Crippen molar-refractivity contribution in [2.75, 3.05) is 17.7 Å². The predicted octanol–water partition coefficient (Wildman–Crippen LogP) is -0.0550. The van der Waals surface area contributed by atoms with Crippen molar-refractivity contribution in [3.05, 3.63) is 5.82 Å². The fourth-order valence-corrected chi connectivity index (χ4v) is 0.901. The fourth-order valence-electron chi connectivity index (χ4n) is 0.901. The van der Waals surface area contributed by atoms with Gasteiger partial charge in [0.05, 0.1) is 12.1 Å². The van der Waals surface area contributed by atoms with E-state index in [9.17, 15) is 0 Å². The van der Waals surface area contributed by atoms with Crippen LogP contribution in [0, 0.1) is 6.92 Å². The van der Waals surface area contributed by atoms with Crippen molar-refractivity contribution in [1.29, 1.82) is 0 Å². The topological polar surface area (TPSA) is 97.0 Å². The molecule has 0 saturated heterocycles. The summed E-state index contributed by atoms with van der Waals surface area (Å²) in [4.78, 5) is 11.8. The summed E-state index contributed by atoms with van der Waals surface area (Å²) in [5.41, 5.74) is 4.98. The number of aryl methyl sites for hydroxylation is 1. The van der Waals surface area contributed by atoms with E-state index in [-0.39, 0.29) is 12.6 Å². The summed E-state index contributed by atoms with van der Waals surface area (Å²) in [7, 11) is 0. The zero-order chi connectivity index (χ0) is 10.8. The molecular weight excluding hydrogens is 182 g/mol. The smallest absolute Gasteiger partial charge is 0.228 e. The number of nitrogens with zero attached hydrogens (tertiary/aromatic N) is 3. The first-order valence-electron chi connectivity index (χ1n) is 4.30. The Morgan fingerprint density at radius 3 is 2.50 bits per heavy atom. The van der Waals surface area contributed by atoms with Crippen molar-refractivity contribution in [2.45, 2.75) is 26.3 Å². The maximum absolute atomic E-state index is 9.03. The van der Waals surface area contributed by atoms with Crippen LogP contribution in [-0.4, -0.2) is 32.2 Å².